The van der Waals surface area contributed by atoms with E-state index in [9.17, 15) is 0 Å². The molecule has 0 unspecified atom stereocenters. The van der Waals surface area contributed by atoms with Crippen LogP contribution in [0.5, 0.6) is 5.75 Å². The number of para-hydroxylation sites is 1. The van der Waals surface area contributed by atoms with E-state index in [2.05, 4.69) is 40.6 Å². The molecule has 1 aromatic heterocycles. The minimum absolute atomic E-state index is 0.603. The molecule has 2 N–H and O–H groups in total. The van der Waals surface area contributed by atoms with Crippen LogP contribution in [-0.4, -0.2) is 35.4 Å². The van der Waals surface area contributed by atoms with Crippen molar-refractivity contribution < 1.29 is 4.74 Å². The Morgan fingerprint density at radius 3 is 2.79 bits per heavy atom. The van der Waals surface area contributed by atoms with E-state index in [1.165, 1.54) is 0 Å². The first kappa shape index (κ1) is 17.8. The fourth-order valence-corrected chi connectivity index (χ4v) is 2.24. The summed E-state index contributed by atoms with van der Waals surface area (Å²) in [6, 6.07) is 10.0. The normalized spacial score (nSPS) is 11.4. The molecule has 0 saturated heterocycles. The molecule has 0 amide bonds. The van der Waals surface area contributed by atoms with Gasteiger partial charge in [-0.05, 0) is 38.0 Å². The van der Waals surface area contributed by atoms with E-state index in [1.807, 2.05) is 36.0 Å². The van der Waals surface area contributed by atoms with Gasteiger partial charge in [-0.25, -0.2) is 4.99 Å². The molecule has 0 aliphatic heterocycles. The van der Waals surface area contributed by atoms with Gasteiger partial charge >= 0.3 is 0 Å². The Kier molecular flexibility index (Phi) is 7.14. The monoisotopic (exact) mass is 329 g/mol. The van der Waals surface area contributed by atoms with E-state index in [1.54, 1.807) is 6.20 Å². The quantitative estimate of drug-likeness (QED) is 0.443. The Balaban J connectivity index is 1.73. The third-order valence-electron chi connectivity index (χ3n) is 3.63. The largest absolute Gasteiger partial charge is 0.493 e. The van der Waals surface area contributed by atoms with Gasteiger partial charge in [0.1, 0.15) is 5.75 Å². The summed E-state index contributed by atoms with van der Waals surface area (Å²) in [7, 11) is 1.92. The van der Waals surface area contributed by atoms with Crippen LogP contribution in [-0.2, 0) is 13.6 Å². The first-order chi connectivity index (χ1) is 11.7. The Morgan fingerprint density at radius 1 is 1.25 bits per heavy atom. The molecule has 6 heteroatoms. The molecule has 2 aromatic rings. The zero-order chi connectivity index (χ0) is 17.2. The molecule has 0 radical (unpaired) electrons. The lowest BCUT2D eigenvalue weighted by Gasteiger charge is -2.12. The first-order valence-corrected chi connectivity index (χ1v) is 8.38. The Hall–Kier alpha value is -2.50. The van der Waals surface area contributed by atoms with Gasteiger partial charge in [-0.15, -0.1) is 0 Å². The van der Waals surface area contributed by atoms with Gasteiger partial charge < -0.3 is 15.4 Å². The van der Waals surface area contributed by atoms with Crippen molar-refractivity contribution in [3.8, 4) is 5.75 Å². The van der Waals surface area contributed by atoms with Crippen molar-refractivity contribution in [2.45, 2.75) is 26.8 Å². The molecule has 0 saturated carbocycles. The average Bonchev–Trinajstić information content (AvgIpc) is 2.99. The van der Waals surface area contributed by atoms with Crippen molar-refractivity contribution in [3.05, 3.63) is 47.8 Å². The number of rotatable bonds is 8. The maximum Gasteiger partial charge on any atom is 0.191 e. The van der Waals surface area contributed by atoms with Crippen LogP contribution in [0.25, 0.3) is 0 Å². The minimum atomic E-state index is 0.603. The molecule has 24 heavy (non-hydrogen) atoms. The summed E-state index contributed by atoms with van der Waals surface area (Å²) < 4.78 is 7.64. The van der Waals surface area contributed by atoms with Crippen LogP contribution in [0.15, 0.2) is 41.5 Å². The summed E-state index contributed by atoms with van der Waals surface area (Å²) in [5.41, 5.74) is 2.24. The van der Waals surface area contributed by atoms with Crippen LogP contribution in [0.1, 0.15) is 24.6 Å². The van der Waals surface area contributed by atoms with Crippen molar-refractivity contribution in [1.29, 1.82) is 0 Å². The summed E-state index contributed by atoms with van der Waals surface area (Å²) >= 11 is 0. The lowest BCUT2D eigenvalue weighted by molar-refractivity contribution is 0.309. The molecule has 0 fully saturated rings. The standard InChI is InChI=1S/C18H27N5O/c1-4-19-18(21-14-16-10-12-22-23(16)3)20-11-7-13-24-17-9-6-5-8-15(17)2/h5-6,8-10,12H,4,7,11,13-14H2,1-3H3,(H2,19,20,21). The highest BCUT2D eigenvalue weighted by atomic mass is 16.5. The fourth-order valence-electron chi connectivity index (χ4n) is 2.24. The molecule has 0 aliphatic carbocycles. The van der Waals surface area contributed by atoms with Gasteiger partial charge in [0.05, 0.1) is 18.8 Å². The Labute approximate surface area is 143 Å². The van der Waals surface area contributed by atoms with Gasteiger partial charge in [0.15, 0.2) is 5.96 Å². The minimum Gasteiger partial charge on any atom is -0.493 e. The summed E-state index contributed by atoms with van der Waals surface area (Å²) in [5.74, 6) is 1.77. The topological polar surface area (TPSA) is 63.5 Å². The van der Waals surface area contributed by atoms with Crippen LogP contribution in [0.2, 0.25) is 0 Å². The number of nitrogens with one attached hydrogen (secondary N) is 2. The number of aliphatic imine (C=N–C) groups is 1. The second-order valence-corrected chi connectivity index (χ2v) is 5.54. The van der Waals surface area contributed by atoms with Gasteiger partial charge in [-0.3, -0.25) is 4.68 Å². The molecule has 1 aromatic carbocycles. The number of benzene rings is 1. The highest BCUT2D eigenvalue weighted by Gasteiger charge is 2.01. The van der Waals surface area contributed by atoms with Crippen molar-refractivity contribution >= 4 is 5.96 Å². The number of hydrogen-bond acceptors (Lipinski definition) is 3. The number of ether oxygens (including phenoxy) is 1. The smallest absolute Gasteiger partial charge is 0.191 e. The van der Waals surface area contributed by atoms with Crippen molar-refractivity contribution in [3.63, 3.8) is 0 Å². The molecule has 0 atom stereocenters. The third-order valence-corrected chi connectivity index (χ3v) is 3.63. The number of aromatic nitrogens is 2. The second kappa shape index (κ2) is 9.60. The molecule has 0 aliphatic rings. The van der Waals surface area contributed by atoms with Gasteiger partial charge in [0.2, 0.25) is 0 Å². The number of aryl methyl sites for hydroxylation is 2. The third kappa shape index (κ3) is 5.61. The molecule has 6 nitrogen and oxygen atoms in total. The van der Waals surface area contributed by atoms with E-state index >= 15 is 0 Å². The number of nitrogens with zero attached hydrogens (tertiary/aromatic N) is 3. The average molecular weight is 329 g/mol. The van der Waals surface area contributed by atoms with E-state index in [0.717, 1.165) is 42.5 Å². The predicted octanol–water partition coefficient (Wildman–Crippen LogP) is 2.25. The summed E-state index contributed by atoms with van der Waals surface area (Å²) in [6.45, 7) is 7.04. The number of guanidine groups is 1. The Bertz CT molecular complexity index is 650. The summed E-state index contributed by atoms with van der Waals surface area (Å²) in [4.78, 5) is 4.58. The van der Waals surface area contributed by atoms with Gasteiger partial charge in [0, 0.05) is 26.3 Å². The predicted molar refractivity (Wildman–Crippen MR) is 97.3 cm³/mol. The van der Waals surface area contributed by atoms with Crippen molar-refractivity contribution in [2.24, 2.45) is 12.0 Å². The Morgan fingerprint density at radius 2 is 2.08 bits per heavy atom. The molecule has 2 rings (SSSR count). The summed E-state index contributed by atoms with van der Waals surface area (Å²) in [6.07, 6.45) is 2.69. The summed E-state index contributed by atoms with van der Waals surface area (Å²) in [5, 5.41) is 10.7. The molecule has 0 spiro atoms. The van der Waals surface area contributed by atoms with Crippen LogP contribution >= 0.6 is 0 Å². The highest BCUT2D eigenvalue weighted by Crippen LogP contribution is 2.15. The van der Waals surface area contributed by atoms with Crippen LogP contribution < -0.4 is 15.4 Å². The van der Waals surface area contributed by atoms with E-state index in [0.29, 0.717) is 13.2 Å². The fraction of sp³-hybridized carbons (Fsp3) is 0.444. The van der Waals surface area contributed by atoms with Crippen LogP contribution in [0, 0.1) is 6.92 Å². The zero-order valence-electron chi connectivity index (χ0n) is 14.7. The van der Waals surface area contributed by atoms with Crippen molar-refractivity contribution in [2.75, 3.05) is 19.7 Å². The first-order valence-electron chi connectivity index (χ1n) is 8.38. The second-order valence-electron chi connectivity index (χ2n) is 5.54. The van der Waals surface area contributed by atoms with Crippen LogP contribution in [0.3, 0.4) is 0 Å². The maximum atomic E-state index is 5.80. The lowest BCUT2D eigenvalue weighted by Crippen LogP contribution is -2.38. The highest BCUT2D eigenvalue weighted by molar-refractivity contribution is 5.79. The van der Waals surface area contributed by atoms with Gasteiger partial charge in [-0.2, -0.15) is 5.10 Å². The molecule has 0 bridgehead atoms. The maximum absolute atomic E-state index is 5.80. The van der Waals surface area contributed by atoms with Crippen LogP contribution in [0.4, 0.5) is 0 Å². The van der Waals surface area contributed by atoms with Gasteiger partial charge in [-0.1, -0.05) is 18.2 Å². The molecule has 1 heterocycles. The van der Waals surface area contributed by atoms with E-state index in [4.69, 9.17) is 4.74 Å². The SMILES string of the molecule is CCNC(=NCc1ccnn1C)NCCCOc1ccccc1C. The molecule has 130 valence electrons. The zero-order valence-corrected chi connectivity index (χ0v) is 14.7. The number of hydrogen-bond donors (Lipinski definition) is 2. The molecular formula is C18H27N5O. The van der Waals surface area contributed by atoms with E-state index in [-0.39, 0.29) is 0 Å². The van der Waals surface area contributed by atoms with E-state index < -0.39 is 0 Å². The molecular weight excluding hydrogens is 302 g/mol. The van der Waals surface area contributed by atoms with Gasteiger partial charge in [0.25, 0.3) is 0 Å². The lowest BCUT2D eigenvalue weighted by atomic mass is 10.2. The van der Waals surface area contributed by atoms with Crippen molar-refractivity contribution in [1.82, 2.24) is 20.4 Å².